The van der Waals surface area contributed by atoms with Gasteiger partial charge in [-0.05, 0) is 46.2 Å². The van der Waals surface area contributed by atoms with Gasteiger partial charge in [0.2, 0.25) is 5.95 Å². The monoisotopic (exact) mass is 298 g/mol. The Morgan fingerprint density at radius 3 is 2.41 bits per heavy atom. The molecule has 1 unspecified atom stereocenters. The van der Waals surface area contributed by atoms with Crippen molar-refractivity contribution in [1.82, 2.24) is 25.3 Å². The van der Waals surface area contributed by atoms with Gasteiger partial charge in [-0.25, -0.2) is 19.9 Å². The van der Waals surface area contributed by atoms with Crippen molar-refractivity contribution in [2.24, 2.45) is 0 Å². The molecule has 0 bridgehead atoms. The molecule has 3 heterocycles. The highest BCUT2D eigenvalue weighted by atomic mass is 15.2. The standard InChI is InChI=1S/C16H22N6/c1-10-7-11(2)20-16(19-10)22-14-8-12(3)18-15(21-14)13-5-4-6-17-9-13/h7-8,13,17H,4-6,9H2,1-3H3,(H,18,19,20,21,22). The van der Waals surface area contributed by atoms with E-state index in [1.807, 2.05) is 32.9 Å². The van der Waals surface area contributed by atoms with Crippen molar-refractivity contribution < 1.29 is 0 Å². The summed E-state index contributed by atoms with van der Waals surface area (Å²) in [4.78, 5) is 18.1. The summed E-state index contributed by atoms with van der Waals surface area (Å²) in [7, 11) is 0. The molecule has 22 heavy (non-hydrogen) atoms. The Kier molecular flexibility index (Phi) is 4.29. The Morgan fingerprint density at radius 2 is 1.73 bits per heavy atom. The minimum absolute atomic E-state index is 0.384. The fourth-order valence-corrected chi connectivity index (χ4v) is 2.81. The Balaban J connectivity index is 1.85. The molecule has 6 nitrogen and oxygen atoms in total. The number of aryl methyl sites for hydroxylation is 3. The third-order valence-corrected chi connectivity index (χ3v) is 3.76. The van der Waals surface area contributed by atoms with Crippen molar-refractivity contribution in [2.75, 3.05) is 18.4 Å². The Bertz CT molecular complexity index is 643. The highest BCUT2D eigenvalue weighted by molar-refractivity contribution is 5.48. The molecule has 2 N–H and O–H groups in total. The largest absolute Gasteiger partial charge is 0.316 e. The summed E-state index contributed by atoms with van der Waals surface area (Å²) < 4.78 is 0. The second-order valence-corrected chi connectivity index (χ2v) is 5.90. The van der Waals surface area contributed by atoms with Crippen LogP contribution in [0.2, 0.25) is 0 Å². The van der Waals surface area contributed by atoms with Gasteiger partial charge in [0.05, 0.1) is 0 Å². The molecule has 1 aliphatic rings. The van der Waals surface area contributed by atoms with E-state index < -0.39 is 0 Å². The molecule has 116 valence electrons. The molecule has 2 aromatic heterocycles. The van der Waals surface area contributed by atoms with Crippen molar-refractivity contribution in [3.05, 3.63) is 35.0 Å². The van der Waals surface area contributed by atoms with E-state index in [0.717, 1.165) is 48.2 Å². The normalized spacial score (nSPS) is 18.2. The third kappa shape index (κ3) is 3.57. The first-order valence-electron chi connectivity index (χ1n) is 7.76. The van der Waals surface area contributed by atoms with Crippen LogP contribution in [-0.4, -0.2) is 33.0 Å². The van der Waals surface area contributed by atoms with Crippen molar-refractivity contribution in [3.63, 3.8) is 0 Å². The molecule has 6 heteroatoms. The average molecular weight is 298 g/mol. The van der Waals surface area contributed by atoms with Crippen molar-refractivity contribution in [1.29, 1.82) is 0 Å². The first kappa shape index (κ1) is 14.8. The van der Waals surface area contributed by atoms with Crippen LogP contribution in [0.1, 0.15) is 41.7 Å². The molecular weight excluding hydrogens is 276 g/mol. The summed E-state index contributed by atoms with van der Waals surface area (Å²) >= 11 is 0. The predicted octanol–water partition coefficient (Wildman–Crippen LogP) is 2.40. The molecule has 2 aromatic rings. The molecule has 0 amide bonds. The maximum atomic E-state index is 4.67. The molecule has 0 radical (unpaired) electrons. The van der Waals surface area contributed by atoms with Gasteiger partial charge in [0.25, 0.3) is 0 Å². The quantitative estimate of drug-likeness (QED) is 0.906. The minimum atomic E-state index is 0.384. The lowest BCUT2D eigenvalue weighted by Crippen LogP contribution is -2.29. The lowest BCUT2D eigenvalue weighted by atomic mass is 9.99. The van der Waals surface area contributed by atoms with E-state index in [4.69, 9.17) is 0 Å². The minimum Gasteiger partial charge on any atom is -0.316 e. The average Bonchev–Trinajstić information content (AvgIpc) is 2.46. The van der Waals surface area contributed by atoms with Gasteiger partial charge in [-0.2, -0.15) is 0 Å². The third-order valence-electron chi connectivity index (χ3n) is 3.76. The molecule has 1 fully saturated rings. The van der Waals surface area contributed by atoms with E-state index in [1.54, 1.807) is 0 Å². The zero-order valence-corrected chi connectivity index (χ0v) is 13.3. The first-order chi connectivity index (χ1) is 10.6. The highest BCUT2D eigenvalue weighted by Gasteiger charge is 2.19. The van der Waals surface area contributed by atoms with Crippen molar-refractivity contribution in [2.45, 2.75) is 39.5 Å². The number of hydrogen-bond donors (Lipinski definition) is 2. The van der Waals surface area contributed by atoms with Crippen LogP contribution in [0.15, 0.2) is 12.1 Å². The van der Waals surface area contributed by atoms with Gasteiger partial charge in [-0.1, -0.05) is 0 Å². The van der Waals surface area contributed by atoms with Gasteiger partial charge in [0.15, 0.2) is 0 Å². The van der Waals surface area contributed by atoms with E-state index in [-0.39, 0.29) is 0 Å². The fourth-order valence-electron chi connectivity index (χ4n) is 2.81. The molecular formula is C16H22N6. The van der Waals surface area contributed by atoms with Gasteiger partial charge >= 0.3 is 0 Å². The van der Waals surface area contributed by atoms with E-state index >= 15 is 0 Å². The molecule has 0 aliphatic carbocycles. The summed E-state index contributed by atoms with van der Waals surface area (Å²) in [5.74, 6) is 2.63. The summed E-state index contributed by atoms with van der Waals surface area (Å²) in [6, 6.07) is 3.89. The Labute approximate surface area is 130 Å². The van der Waals surface area contributed by atoms with E-state index in [2.05, 4.69) is 30.6 Å². The molecule has 1 aliphatic heterocycles. The van der Waals surface area contributed by atoms with Crippen LogP contribution in [0.4, 0.5) is 11.8 Å². The Morgan fingerprint density at radius 1 is 1.00 bits per heavy atom. The van der Waals surface area contributed by atoms with E-state index in [0.29, 0.717) is 11.9 Å². The van der Waals surface area contributed by atoms with Gasteiger partial charge < -0.3 is 10.6 Å². The summed E-state index contributed by atoms with van der Waals surface area (Å²) in [5.41, 5.74) is 2.84. The van der Waals surface area contributed by atoms with Gasteiger partial charge in [-0.3, -0.25) is 0 Å². The van der Waals surface area contributed by atoms with Crippen LogP contribution in [0.3, 0.4) is 0 Å². The van der Waals surface area contributed by atoms with Crippen LogP contribution in [0.5, 0.6) is 0 Å². The smallest absolute Gasteiger partial charge is 0.228 e. The van der Waals surface area contributed by atoms with Gasteiger partial charge in [0, 0.05) is 35.6 Å². The first-order valence-corrected chi connectivity index (χ1v) is 7.76. The molecule has 0 saturated carbocycles. The zero-order valence-electron chi connectivity index (χ0n) is 13.3. The van der Waals surface area contributed by atoms with E-state index in [1.165, 1.54) is 6.42 Å². The lowest BCUT2D eigenvalue weighted by Gasteiger charge is -2.22. The predicted molar refractivity (Wildman–Crippen MR) is 86.4 cm³/mol. The molecule has 3 rings (SSSR count). The second-order valence-electron chi connectivity index (χ2n) is 5.90. The van der Waals surface area contributed by atoms with Crippen LogP contribution < -0.4 is 10.6 Å². The topological polar surface area (TPSA) is 75.6 Å². The number of nitrogens with one attached hydrogen (secondary N) is 2. The van der Waals surface area contributed by atoms with Crippen molar-refractivity contribution >= 4 is 11.8 Å². The zero-order chi connectivity index (χ0) is 15.5. The number of anilines is 2. The van der Waals surface area contributed by atoms with Gasteiger partial charge in [0.1, 0.15) is 11.6 Å². The fraction of sp³-hybridized carbons (Fsp3) is 0.500. The van der Waals surface area contributed by atoms with Gasteiger partial charge in [-0.15, -0.1) is 0 Å². The molecule has 1 atom stereocenters. The van der Waals surface area contributed by atoms with Crippen molar-refractivity contribution in [3.8, 4) is 0 Å². The Hall–Kier alpha value is -2.08. The number of hydrogen-bond acceptors (Lipinski definition) is 6. The highest BCUT2D eigenvalue weighted by Crippen LogP contribution is 2.22. The van der Waals surface area contributed by atoms with Crippen LogP contribution in [-0.2, 0) is 0 Å². The SMILES string of the molecule is Cc1cc(C)nc(Nc2cc(C)nc(C3CCCNC3)n2)n1. The maximum absolute atomic E-state index is 4.67. The van der Waals surface area contributed by atoms with Crippen LogP contribution >= 0.6 is 0 Å². The number of aromatic nitrogens is 4. The van der Waals surface area contributed by atoms with E-state index in [9.17, 15) is 0 Å². The summed E-state index contributed by atoms with van der Waals surface area (Å²) in [6.07, 6.45) is 2.31. The number of rotatable bonds is 3. The maximum Gasteiger partial charge on any atom is 0.228 e. The van der Waals surface area contributed by atoms with Crippen LogP contribution in [0.25, 0.3) is 0 Å². The summed E-state index contributed by atoms with van der Waals surface area (Å²) in [6.45, 7) is 7.95. The lowest BCUT2D eigenvalue weighted by molar-refractivity contribution is 0.446. The number of piperidine rings is 1. The number of nitrogens with zero attached hydrogens (tertiary/aromatic N) is 4. The second kappa shape index (κ2) is 6.36. The molecule has 0 aromatic carbocycles. The van der Waals surface area contributed by atoms with Crippen LogP contribution in [0, 0.1) is 20.8 Å². The molecule has 0 spiro atoms. The summed E-state index contributed by atoms with van der Waals surface area (Å²) in [5, 5.41) is 6.62. The molecule has 1 saturated heterocycles.